The number of anilines is 2. The molecule has 0 radical (unpaired) electrons. The minimum absolute atomic E-state index is 0. The Bertz CT molecular complexity index is 996. The van der Waals surface area contributed by atoms with Gasteiger partial charge in [0.05, 0.1) is 6.54 Å². The van der Waals surface area contributed by atoms with Gasteiger partial charge in [0.2, 0.25) is 5.91 Å². The van der Waals surface area contributed by atoms with Crippen molar-refractivity contribution in [3.8, 4) is 11.5 Å². The Balaban J connectivity index is 0.00000320. The smallest absolute Gasteiger partial charge is 0.227 e. The average molecular weight is 517 g/mol. The van der Waals surface area contributed by atoms with Crippen LogP contribution in [0.2, 0.25) is 0 Å². The van der Waals surface area contributed by atoms with E-state index in [1.165, 1.54) is 0 Å². The Labute approximate surface area is 192 Å². The van der Waals surface area contributed by atoms with Crippen molar-refractivity contribution in [1.29, 1.82) is 0 Å². The van der Waals surface area contributed by atoms with Gasteiger partial charge in [0.1, 0.15) is 17.3 Å². The van der Waals surface area contributed by atoms with Crippen molar-refractivity contribution in [1.82, 2.24) is 4.98 Å². The molecule has 4 N–H and O–H groups in total. The van der Waals surface area contributed by atoms with E-state index in [2.05, 4.69) is 20.6 Å². The van der Waals surface area contributed by atoms with Crippen LogP contribution in [0.3, 0.4) is 0 Å². The number of aryl methyl sites for hydroxylation is 1. The zero-order chi connectivity index (χ0) is 20.5. The lowest BCUT2D eigenvalue weighted by Crippen LogP contribution is -2.23. The molecule has 2 aromatic carbocycles. The second-order valence-corrected chi connectivity index (χ2v) is 6.30. The van der Waals surface area contributed by atoms with Gasteiger partial charge in [-0.25, -0.2) is 4.98 Å². The Hall–Kier alpha value is -3.14. The molecule has 1 aromatic heterocycles. The first-order chi connectivity index (χ1) is 14.1. The van der Waals surface area contributed by atoms with Gasteiger partial charge < -0.3 is 21.1 Å². The van der Waals surface area contributed by atoms with E-state index < -0.39 is 0 Å². The van der Waals surface area contributed by atoms with Crippen molar-refractivity contribution in [3.05, 3.63) is 78.5 Å². The third-order valence-corrected chi connectivity index (χ3v) is 3.86. The molecule has 8 heteroatoms. The molecule has 0 bridgehead atoms. The molecule has 0 fully saturated rings. The van der Waals surface area contributed by atoms with E-state index in [1.54, 1.807) is 6.07 Å². The Morgan fingerprint density at radius 1 is 1.00 bits per heavy atom. The highest BCUT2D eigenvalue weighted by atomic mass is 127. The number of aromatic nitrogens is 1. The van der Waals surface area contributed by atoms with E-state index in [-0.39, 0.29) is 48.8 Å². The second kappa shape index (κ2) is 11.8. The van der Waals surface area contributed by atoms with E-state index in [0.29, 0.717) is 11.6 Å². The van der Waals surface area contributed by atoms with Crippen molar-refractivity contribution >= 4 is 47.3 Å². The molecule has 7 nitrogen and oxygen atoms in total. The quantitative estimate of drug-likeness (QED) is 0.243. The van der Waals surface area contributed by atoms with Gasteiger partial charge in [0.15, 0.2) is 5.96 Å². The van der Waals surface area contributed by atoms with Gasteiger partial charge in [-0.05, 0) is 43.3 Å². The number of hydrogen-bond acceptors (Lipinski definition) is 4. The van der Waals surface area contributed by atoms with Crippen molar-refractivity contribution in [2.75, 3.05) is 17.2 Å². The maximum atomic E-state index is 12.0. The molecule has 0 aliphatic rings. The van der Waals surface area contributed by atoms with Crippen molar-refractivity contribution in [2.24, 2.45) is 10.7 Å². The molecule has 3 rings (SSSR count). The number of benzene rings is 2. The number of carbonyl (C=O) groups is 1. The summed E-state index contributed by atoms with van der Waals surface area (Å²) in [5.74, 6) is 2.01. The number of nitrogens with one attached hydrogen (secondary N) is 2. The highest BCUT2D eigenvalue weighted by Gasteiger charge is 2.04. The van der Waals surface area contributed by atoms with Crippen LogP contribution in [0.4, 0.5) is 11.5 Å². The summed E-state index contributed by atoms with van der Waals surface area (Å²) in [6.45, 7) is 2.13. The number of nitrogens with zero attached hydrogens (tertiary/aromatic N) is 2. The van der Waals surface area contributed by atoms with Crippen LogP contribution >= 0.6 is 24.0 Å². The Kier molecular flexibility index (Phi) is 9.07. The molecule has 0 atom stereocenters. The molecule has 0 unspecified atom stereocenters. The summed E-state index contributed by atoms with van der Waals surface area (Å²) in [5.41, 5.74) is 7.51. The first-order valence-corrected chi connectivity index (χ1v) is 9.22. The third kappa shape index (κ3) is 7.70. The van der Waals surface area contributed by atoms with Crippen LogP contribution in [0, 0.1) is 6.92 Å². The number of para-hydroxylation sites is 1. The molecule has 0 saturated heterocycles. The molecular formula is C22H24IN5O2. The van der Waals surface area contributed by atoms with Crippen LogP contribution in [-0.4, -0.2) is 23.4 Å². The monoisotopic (exact) mass is 517 g/mol. The number of amides is 1. The lowest BCUT2D eigenvalue weighted by Gasteiger charge is -2.09. The van der Waals surface area contributed by atoms with Crippen LogP contribution < -0.4 is 21.1 Å². The molecule has 1 amide bonds. The lowest BCUT2D eigenvalue weighted by atomic mass is 10.3. The molecule has 0 aliphatic carbocycles. The fourth-order valence-electron chi connectivity index (χ4n) is 2.55. The molecular weight excluding hydrogens is 493 g/mol. The fraction of sp³-hybridized carbons (Fsp3) is 0.136. The highest BCUT2D eigenvalue weighted by Crippen LogP contribution is 2.23. The summed E-state index contributed by atoms with van der Waals surface area (Å²) in [4.78, 5) is 20.4. The molecule has 3 aromatic rings. The van der Waals surface area contributed by atoms with E-state index >= 15 is 0 Å². The second-order valence-electron chi connectivity index (χ2n) is 6.30. The zero-order valence-corrected chi connectivity index (χ0v) is 18.9. The predicted molar refractivity (Wildman–Crippen MR) is 131 cm³/mol. The van der Waals surface area contributed by atoms with Crippen LogP contribution in [-0.2, 0) is 4.79 Å². The van der Waals surface area contributed by atoms with E-state index in [1.807, 2.05) is 73.7 Å². The summed E-state index contributed by atoms with van der Waals surface area (Å²) < 4.78 is 5.80. The molecule has 0 aliphatic heterocycles. The van der Waals surface area contributed by atoms with Crippen molar-refractivity contribution < 1.29 is 9.53 Å². The SMILES string of the molecule is Cc1cccc(NC(=O)CCN=C(N)Nc2cccc(Oc3ccccc3)c2)n1.I. The molecule has 0 saturated carbocycles. The average Bonchev–Trinajstić information content (AvgIpc) is 2.69. The topological polar surface area (TPSA) is 102 Å². The Morgan fingerprint density at radius 3 is 2.50 bits per heavy atom. The summed E-state index contributed by atoms with van der Waals surface area (Å²) in [7, 11) is 0. The highest BCUT2D eigenvalue weighted by molar-refractivity contribution is 14.0. The maximum absolute atomic E-state index is 12.0. The van der Waals surface area contributed by atoms with E-state index in [9.17, 15) is 4.79 Å². The normalized spacial score (nSPS) is 10.6. The number of guanidine groups is 1. The van der Waals surface area contributed by atoms with Crippen molar-refractivity contribution in [2.45, 2.75) is 13.3 Å². The molecule has 30 heavy (non-hydrogen) atoms. The minimum Gasteiger partial charge on any atom is -0.457 e. The van der Waals surface area contributed by atoms with E-state index in [4.69, 9.17) is 10.5 Å². The van der Waals surface area contributed by atoms with Gasteiger partial charge in [-0.3, -0.25) is 9.79 Å². The van der Waals surface area contributed by atoms with Gasteiger partial charge in [-0.15, -0.1) is 24.0 Å². The molecule has 156 valence electrons. The maximum Gasteiger partial charge on any atom is 0.227 e. The number of halogens is 1. The summed E-state index contributed by atoms with van der Waals surface area (Å²) in [6, 6.07) is 22.4. The largest absolute Gasteiger partial charge is 0.457 e. The number of rotatable bonds is 7. The van der Waals surface area contributed by atoms with Gasteiger partial charge in [0.25, 0.3) is 0 Å². The standard InChI is InChI=1S/C22H23N5O2.HI/c1-16-7-5-12-20(25-16)27-21(28)13-14-24-22(23)26-17-8-6-11-19(15-17)29-18-9-3-2-4-10-18;/h2-12,15H,13-14H2,1H3,(H3,23,24,26)(H,25,27,28);1H. The predicted octanol–water partition coefficient (Wildman–Crippen LogP) is 4.56. The minimum atomic E-state index is -0.169. The van der Waals surface area contributed by atoms with Gasteiger partial charge in [0, 0.05) is 23.9 Å². The van der Waals surface area contributed by atoms with Crippen LogP contribution in [0.5, 0.6) is 11.5 Å². The first-order valence-electron chi connectivity index (χ1n) is 9.22. The number of hydrogen-bond donors (Lipinski definition) is 3. The summed E-state index contributed by atoms with van der Waals surface area (Å²) in [5, 5.41) is 5.74. The molecule has 1 heterocycles. The number of nitrogens with two attached hydrogens (primary N) is 1. The molecule has 0 spiro atoms. The zero-order valence-electron chi connectivity index (χ0n) is 16.5. The van der Waals surface area contributed by atoms with Gasteiger partial charge in [-0.2, -0.15) is 0 Å². The fourth-order valence-corrected chi connectivity index (χ4v) is 2.55. The summed E-state index contributed by atoms with van der Waals surface area (Å²) in [6.07, 6.45) is 0.204. The Morgan fingerprint density at radius 2 is 1.73 bits per heavy atom. The van der Waals surface area contributed by atoms with Crippen LogP contribution in [0.25, 0.3) is 0 Å². The van der Waals surface area contributed by atoms with Crippen LogP contribution in [0.1, 0.15) is 12.1 Å². The summed E-state index contributed by atoms with van der Waals surface area (Å²) >= 11 is 0. The first kappa shape index (κ1) is 23.1. The number of ether oxygens (including phenoxy) is 1. The number of aliphatic imine (C=N–C) groups is 1. The lowest BCUT2D eigenvalue weighted by molar-refractivity contribution is -0.116. The number of pyridine rings is 1. The van der Waals surface area contributed by atoms with Crippen molar-refractivity contribution in [3.63, 3.8) is 0 Å². The number of carbonyl (C=O) groups excluding carboxylic acids is 1. The van der Waals surface area contributed by atoms with Crippen LogP contribution in [0.15, 0.2) is 77.8 Å². The van der Waals surface area contributed by atoms with Gasteiger partial charge in [-0.1, -0.05) is 30.3 Å². The van der Waals surface area contributed by atoms with Gasteiger partial charge >= 0.3 is 0 Å². The third-order valence-electron chi connectivity index (χ3n) is 3.86. The van der Waals surface area contributed by atoms with E-state index in [0.717, 1.165) is 17.1 Å².